The van der Waals surface area contributed by atoms with E-state index in [1.54, 1.807) is 7.05 Å². The van der Waals surface area contributed by atoms with E-state index in [1.807, 2.05) is 62.4 Å². The van der Waals surface area contributed by atoms with Crippen molar-refractivity contribution in [2.24, 2.45) is 4.99 Å². The maximum Gasteiger partial charge on any atom is 0.130 e. The van der Waals surface area contributed by atoms with Gasteiger partial charge in [-0.3, -0.25) is 4.99 Å². The lowest BCUT2D eigenvalue weighted by molar-refractivity contribution is 0.914. The van der Waals surface area contributed by atoms with Crippen LogP contribution in [0.1, 0.15) is 43.9 Å². The molecule has 0 radical (unpaired) electrons. The van der Waals surface area contributed by atoms with Gasteiger partial charge < -0.3 is 22.1 Å². The first kappa shape index (κ1) is 26.6. The van der Waals surface area contributed by atoms with Crippen LogP contribution in [0.15, 0.2) is 77.8 Å². The van der Waals surface area contributed by atoms with Crippen LogP contribution < -0.4 is 22.1 Å². The van der Waals surface area contributed by atoms with Crippen molar-refractivity contribution in [2.75, 3.05) is 30.4 Å². The molecule has 5 heteroatoms. The number of nitrogen functional groups attached to an aromatic ring is 2. The van der Waals surface area contributed by atoms with E-state index in [4.69, 9.17) is 11.5 Å². The minimum Gasteiger partial charge on any atom is -0.398 e. The number of nitrogens with one attached hydrogen (secondary N) is 2. The fourth-order valence-corrected chi connectivity index (χ4v) is 2.91. The lowest BCUT2D eigenvalue weighted by atomic mass is 10.1. The standard InChI is InChI=1S/C15H18N4.C10H15N.C2H6/c1-18-15(12-7-3-5-9-14(12)17)19-10-11-6-2-4-8-13(11)16;1-3-8-11-10-7-5-4-6-9(10)2;1-2/h2-9H,10,16-17H2,1H3,(H,18,19);4-7,11H,3,8H2,1-2H3;1-2H3. The van der Waals surface area contributed by atoms with Crippen molar-refractivity contribution in [3.05, 3.63) is 89.5 Å². The molecule has 0 spiro atoms. The summed E-state index contributed by atoms with van der Waals surface area (Å²) in [6.07, 6.45) is 1.17. The van der Waals surface area contributed by atoms with Gasteiger partial charge in [0, 0.05) is 42.8 Å². The van der Waals surface area contributed by atoms with Crippen molar-refractivity contribution in [2.45, 2.75) is 40.7 Å². The van der Waals surface area contributed by atoms with Gasteiger partial charge in [0.05, 0.1) is 0 Å². The number of para-hydroxylation sites is 3. The average molecular weight is 434 g/mol. The predicted molar refractivity (Wildman–Crippen MR) is 142 cm³/mol. The van der Waals surface area contributed by atoms with Gasteiger partial charge in [0.25, 0.3) is 0 Å². The first-order valence-electron chi connectivity index (χ1n) is 11.2. The zero-order chi connectivity index (χ0) is 23.8. The van der Waals surface area contributed by atoms with Crippen LogP contribution in [0.2, 0.25) is 0 Å². The summed E-state index contributed by atoms with van der Waals surface area (Å²) in [5, 5.41) is 6.64. The molecule has 3 rings (SSSR count). The lowest BCUT2D eigenvalue weighted by Gasteiger charge is -2.12. The maximum atomic E-state index is 5.95. The van der Waals surface area contributed by atoms with Gasteiger partial charge in [-0.2, -0.15) is 0 Å². The summed E-state index contributed by atoms with van der Waals surface area (Å²) < 4.78 is 0. The van der Waals surface area contributed by atoms with Crippen molar-refractivity contribution in [1.29, 1.82) is 0 Å². The third-order valence-electron chi connectivity index (χ3n) is 4.65. The molecule has 0 unspecified atom stereocenters. The van der Waals surface area contributed by atoms with E-state index >= 15 is 0 Å². The molecule has 0 saturated heterocycles. The Hall–Kier alpha value is -3.47. The molecule has 3 aromatic carbocycles. The molecule has 0 atom stereocenters. The van der Waals surface area contributed by atoms with E-state index in [-0.39, 0.29) is 0 Å². The van der Waals surface area contributed by atoms with Crippen LogP contribution in [0.5, 0.6) is 0 Å². The first-order valence-corrected chi connectivity index (χ1v) is 11.2. The molecule has 0 aliphatic rings. The molecule has 0 saturated carbocycles. The number of nitrogens with two attached hydrogens (primary N) is 2. The number of nitrogens with zero attached hydrogens (tertiary/aromatic N) is 1. The second-order valence-corrected chi connectivity index (χ2v) is 6.95. The molecule has 6 N–H and O–H groups in total. The molecule has 172 valence electrons. The van der Waals surface area contributed by atoms with Crippen molar-refractivity contribution in [3.63, 3.8) is 0 Å². The Morgan fingerprint density at radius 3 is 2.03 bits per heavy atom. The number of hydrogen-bond acceptors (Lipinski definition) is 4. The van der Waals surface area contributed by atoms with Crippen LogP contribution in [-0.4, -0.2) is 19.4 Å². The summed E-state index contributed by atoms with van der Waals surface area (Å²) >= 11 is 0. The minimum absolute atomic E-state index is 0.619. The normalized spacial score (nSPS) is 10.2. The third-order valence-corrected chi connectivity index (χ3v) is 4.65. The number of rotatable bonds is 6. The van der Waals surface area contributed by atoms with Gasteiger partial charge in [-0.05, 0) is 48.7 Å². The van der Waals surface area contributed by atoms with Crippen molar-refractivity contribution in [3.8, 4) is 0 Å². The SMILES string of the molecule is CC.CCCNc1ccccc1C.CN=C(NCc1ccccc1N)c1ccccc1N. The number of aliphatic imine (C=N–C) groups is 1. The van der Waals surface area contributed by atoms with Gasteiger partial charge in [-0.15, -0.1) is 0 Å². The summed E-state index contributed by atoms with van der Waals surface area (Å²) in [6.45, 7) is 9.97. The van der Waals surface area contributed by atoms with Gasteiger partial charge in [-0.25, -0.2) is 0 Å². The molecule has 0 aliphatic heterocycles. The van der Waals surface area contributed by atoms with Gasteiger partial charge in [-0.1, -0.05) is 69.3 Å². The highest BCUT2D eigenvalue weighted by atomic mass is 15.0. The Morgan fingerprint density at radius 1 is 0.844 bits per heavy atom. The summed E-state index contributed by atoms with van der Waals surface area (Å²) in [6, 6.07) is 23.8. The Kier molecular flexibility index (Phi) is 12.7. The third kappa shape index (κ3) is 8.72. The first-order chi connectivity index (χ1) is 15.6. The highest BCUT2D eigenvalue weighted by Gasteiger charge is 2.06. The summed E-state index contributed by atoms with van der Waals surface area (Å²) in [7, 11) is 1.74. The van der Waals surface area contributed by atoms with E-state index in [0.717, 1.165) is 29.2 Å². The van der Waals surface area contributed by atoms with Crippen LogP contribution >= 0.6 is 0 Å². The van der Waals surface area contributed by atoms with Crippen LogP contribution in [-0.2, 0) is 6.54 Å². The van der Waals surface area contributed by atoms with Crippen molar-refractivity contribution in [1.82, 2.24) is 5.32 Å². The topological polar surface area (TPSA) is 88.5 Å². The van der Waals surface area contributed by atoms with Crippen LogP contribution in [0, 0.1) is 6.92 Å². The van der Waals surface area contributed by atoms with Crippen molar-refractivity contribution < 1.29 is 0 Å². The van der Waals surface area contributed by atoms with E-state index in [2.05, 4.69) is 53.7 Å². The number of benzene rings is 3. The molecule has 0 aromatic heterocycles. The largest absolute Gasteiger partial charge is 0.398 e. The average Bonchev–Trinajstić information content (AvgIpc) is 2.83. The molecular formula is C27H39N5. The molecule has 0 aliphatic carbocycles. The zero-order valence-electron chi connectivity index (χ0n) is 20.2. The second-order valence-electron chi connectivity index (χ2n) is 6.95. The molecule has 0 fully saturated rings. The van der Waals surface area contributed by atoms with Crippen LogP contribution in [0.3, 0.4) is 0 Å². The summed E-state index contributed by atoms with van der Waals surface area (Å²) in [5.74, 6) is 0.765. The molecule has 0 heterocycles. The minimum atomic E-state index is 0.619. The maximum absolute atomic E-state index is 5.95. The fourth-order valence-electron chi connectivity index (χ4n) is 2.91. The number of amidine groups is 1. The van der Waals surface area contributed by atoms with Gasteiger partial charge in [0.1, 0.15) is 5.84 Å². The number of anilines is 3. The fraction of sp³-hybridized carbons (Fsp3) is 0.296. The zero-order valence-corrected chi connectivity index (χ0v) is 20.2. The Balaban J connectivity index is 0.000000335. The second kappa shape index (κ2) is 15.3. The predicted octanol–water partition coefficient (Wildman–Crippen LogP) is 5.86. The monoisotopic (exact) mass is 433 g/mol. The van der Waals surface area contributed by atoms with E-state index in [0.29, 0.717) is 12.2 Å². The van der Waals surface area contributed by atoms with E-state index in [9.17, 15) is 0 Å². The Labute approximate surface area is 194 Å². The summed E-state index contributed by atoms with van der Waals surface area (Å²) in [5.41, 5.74) is 17.9. The summed E-state index contributed by atoms with van der Waals surface area (Å²) in [4.78, 5) is 4.25. The molecule has 0 amide bonds. The van der Waals surface area contributed by atoms with Gasteiger partial charge in [0.15, 0.2) is 0 Å². The Morgan fingerprint density at radius 2 is 1.44 bits per heavy atom. The molecule has 0 bridgehead atoms. The lowest BCUT2D eigenvalue weighted by Crippen LogP contribution is -2.25. The molecule has 32 heavy (non-hydrogen) atoms. The van der Waals surface area contributed by atoms with Gasteiger partial charge >= 0.3 is 0 Å². The van der Waals surface area contributed by atoms with Crippen LogP contribution in [0.4, 0.5) is 17.1 Å². The highest BCUT2D eigenvalue weighted by Crippen LogP contribution is 2.14. The Bertz CT molecular complexity index is 950. The number of aryl methyl sites for hydroxylation is 1. The highest BCUT2D eigenvalue weighted by molar-refractivity contribution is 6.03. The van der Waals surface area contributed by atoms with Crippen molar-refractivity contribution >= 4 is 22.9 Å². The van der Waals surface area contributed by atoms with Crippen LogP contribution in [0.25, 0.3) is 0 Å². The number of hydrogen-bond donors (Lipinski definition) is 4. The quantitative estimate of drug-likeness (QED) is 0.223. The molecule has 3 aromatic rings. The van der Waals surface area contributed by atoms with Gasteiger partial charge in [0.2, 0.25) is 0 Å². The molecular weight excluding hydrogens is 394 g/mol. The smallest absolute Gasteiger partial charge is 0.130 e. The molecule has 5 nitrogen and oxygen atoms in total. The van der Waals surface area contributed by atoms with E-state index in [1.165, 1.54) is 17.7 Å². The van der Waals surface area contributed by atoms with E-state index < -0.39 is 0 Å².